The van der Waals surface area contributed by atoms with E-state index in [2.05, 4.69) is 0 Å². The first kappa shape index (κ1) is 15.4. The molecule has 0 bridgehead atoms. The molecule has 0 aromatic heterocycles. The minimum absolute atomic E-state index is 0.0125. The second-order valence-corrected chi connectivity index (χ2v) is 7.24. The number of sulfonamides is 1. The van der Waals surface area contributed by atoms with Crippen molar-refractivity contribution in [3.8, 4) is 0 Å². The standard InChI is InChI=1S/C14H21NO4S/c1-11(17)13-5-2-6-14(8-13)20(18,19)15-7-3-4-12(9-15)10-16/h2,5-6,8,11-12,16-17H,3-4,7,9-10H2,1H3. The fourth-order valence-electron chi connectivity index (χ4n) is 2.48. The van der Waals surface area contributed by atoms with Gasteiger partial charge >= 0.3 is 0 Å². The largest absolute Gasteiger partial charge is 0.396 e. The third-order valence-electron chi connectivity index (χ3n) is 3.72. The summed E-state index contributed by atoms with van der Waals surface area (Å²) in [5.74, 6) is 0.0125. The molecule has 0 radical (unpaired) electrons. The monoisotopic (exact) mass is 299 g/mol. The van der Waals surface area contributed by atoms with E-state index in [0.717, 1.165) is 12.8 Å². The molecule has 2 atom stereocenters. The Morgan fingerprint density at radius 2 is 2.20 bits per heavy atom. The molecule has 6 heteroatoms. The predicted octanol–water partition coefficient (Wildman–Crippen LogP) is 1.13. The molecule has 2 N–H and O–H groups in total. The van der Waals surface area contributed by atoms with Crippen LogP contribution in [0.5, 0.6) is 0 Å². The zero-order chi connectivity index (χ0) is 14.8. The average Bonchev–Trinajstić information content (AvgIpc) is 2.47. The van der Waals surface area contributed by atoms with Crippen molar-refractivity contribution in [1.29, 1.82) is 0 Å². The summed E-state index contributed by atoms with van der Waals surface area (Å²) in [5, 5.41) is 18.8. The van der Waals surface area contributed by atoms with Crippen LogP contribution in [0.2, 0.25) is 0 Å². The lowest BCUT2D eigenvalue weighted by atomic mass is 10.0. The van der Waals surface area contributed by atoms with Crippen LogP contribution in [0.25, 0.3) is 0 Å². The predicted molar refractivity (Wildman–Crippen MR) is 75.6 cm³/mol. The molecule has 1 aromatic rings. The van der Waals surface area contributed by atoms with Gasteiger partial charge in [-0.15, -0.1) is 0 Å². The lowest BCUT2D eigenvalue weighted by molar-refractivity contribution is 0.165. The highest BCUT2D eigenvalue weighted by Gasteiger charge is 2.30. The van der Waals surface area contributed by atoms with E-state index in [0.29, 0.717) is 18.7 Å². The number of hydrogen-bond donors (Lipinski definition) is 2. The van der Waals surface area contributed by atoms with Crippen LogP contribution in [0, 0.1) is 5.92 Å². The fourth-order valence-corrected chi connectivity index (χ4v) is 4.09. The number of benzene rings is 1. The molecule has 0 saturated carbocycles. The van der Waals surface area contributed by atoms with Crippen molar-refractivity contribution >= 4 is 10.0 Å². The van der Waals surface area contributed by atoms with Crippen LogP contribution in [-0.4, -0.2) is 42.6 Å². The Bertz CT molecular complexity index is 556. The lowest BCUT2D eigenvalue weighted by Crippen LogP contribution is -2.40. The molecule has 1 aromatic carbocycles. The molecule has 20 heavy (non-hydrogen) atoms. The summed E-state index contributed by atoms with van der Waals surface area (Å²) in [6.45, 7) is 2.46. The van der Waals surface area contributed by atoms with Crippen molar-refractivity contribution in [2.75, 3.05) is 19.7 Å². The van der Waals surface area contributed by atoms with Gasteiger partial charge in [-0.1, -0.05) is 12.1 Å². The van der Waals surface area contributed by atoms with Gasteiger partial charge in [-0.05, 0) is 43.4 Å². The van der Waals surface area contributed by atoms with Crippen molar-refractivity contribution in [3.05, 3.63) is 29.8 Å². The second-order valence-electron chi connectivity index (χ2n) is 5.30. The van der Waals surface area contributed by atoms with Crippen LogP contribution < -0.4 is 0 Å². The van der Waals surface area contributed by atoms with E-state index in [1.54, 1.807) is 25.1 Å². The van der Waals surface area contributed by atoms with Crippen molar-refractivity contribution in [2.45, 2.75) is 30.8 Å². The molecule has 1 saturated heterocycles. The summed E-state index contributed by atoms with van der Waals surface area (Å²) in [7, 11) is -3.55. The smallest absolute Gasteiger partial charge is 0.243 e. The van der Waals surface area contributed by atoms with E-state index in [4.69, 9.17) is 0 Å². The Morgan fingerprint density at radius 1 is 1.45 bits per heavy atom. The highest BCUT2D eigenvalue weighted by atomic mass is 32.2. The highest BCUT2D eigenvalue weighted by Crippen LogP contribution is 2.25. The first-order chi connectivity index (χ1) is 9.45. The Labute approximate surface area is 119 Å². The van der Waals surface area contributed by atoms with Crippen molar-refractivity contribution in [3.63, 3.8) is 0 Å². The number of piperidine rings is 1. The average molecular weight is 299 g/mol. The van der Waals surface area contributed by atoms with Gasteiger partial charge in [-0.2, -0.15) is 4.31 Å². The molecule has 0 amide bonds. The number of aliphatic hydroxyl groups is 2. The molecule has 1 fully saturated rings. The summed E-state index contributed by atoms with van der Waals surface area (Å²) in [6.07, 6.45) is 0.924. The second kappa shape index (κ2) is 6.22. The number of nitrogens with zero attached hydrogens (tertiary/aromatic N) is 1. The van der Waals surface area contributed by atoms with Crippen molar-refractivity contribution in [2.24, 2.45) is 5.92 Å². The maximum Gasteiger partial charge on any atom is 0.243 e. The van der Waals surface area contributed by atoms with Crippen LogP contribution in [0.1, 0.15) is 31.4 Å². The number of rotatable bonds is 4. The third-order valence-corrected chi connectivity index (χ3v) is 5.58. The highest BCUT2D eigenvalue weighted by molar-refractivity contribution is 7.89. The zero-order valence-corrected chi connectivity index (χ0v) is 12.4. The molecule has 112 valence electrons. The van der Waals surface area contributed by atoms with E-state index in [-0.39, 0.29) is 17.4 Å². The van der Waals surface area contributed by atoms with Crippen LogP contribution in [0.4, 0.5) is 0 Å². The van der Waals surface area contributed by atoms with E-state index in [1.807, 2.05) is 0 Å². The Morgan fingerprint density at radius 3 is 2.85 bits per heavy atom. The first-order valence-corrected chi connectivity index (χ1v) is 8.28. The molecular weight excluding hydrogens is 278 g/mol. The van der Waals surface area contributed by atoms with E-state index in [1.165, 1.54) is 10.4 Å². The lowest BCUT2D eigenvalue weighted by Gasteiger charge is -2.31. The molecule has 0 aliphatic carbocycles. The van der Waals surface area contributed by atoms with Crippen LogP contribution >= 0.6 is 0 Å². The summed E-state index contributed by atoms with van der Waals surface area (Å²) < 4.78 is 26.6. The normalized spacial score (nSPS) is 22.6. The van der Waals surface area contributed by atoms with Gasteiger partial charge in [0.2, 0.25) is 10.0 Å². The molecule has 0 spiro atoms. The van der Waals surface area contributed by atoms with Gasteiger partial charge in [-0.3, -0.25) is 0 Å². The molecule has 2 unspecified atom stereocenters. The maximum absolute atomic E-state index is 12.6. The Hall–Kier alpha value is -0.950. The van der Waals surface area contributed by atoms with Gasteiger partial charge in [0.1, 0.15) is 0 Å². The van der Waals surface area contributed by atoms with E-state index < -0.39 is 16.1 Å². The van der Waals surface area contributed by atoms with Gasteiger partial charge < -0.3 is 10.2 Å². The molecular formula is C14H21NO4S. The van der Waals surface area contributed by atoms with Crippen molar-refractivity contribution in [1.82, 2.24) is 4.31 Å². The van der Waals surface area contributed by atoms with Gasteiger partial charge in [0.15, 0.2) is 0 Å². The molecule has 5 nitrogen and oxygen atoms in total. The fraction of sp³-hybridized carbons (Fsp3) is 0.571. The molecule has 1 aliphatic rings. The number of aliphatic hydroxyl groups excluding tert-OH is 2. The first-order valence-electron chi connectivity index (χ1n) is 6.84. The zero-order valence-electron chi connectivity index (χ0n) is 11.6. The Balaban J connectivity index is 2.28. The maximum atomic E-state index is 12.6. The Kier molecular flexibility index (Phi) is 4.80. The van der Waals surface area contributed by atoms with Crippen LogP contribution in [-0.2, 0) is 10.0 Å². The summed E-state index contributed by atoms with van der Waals surface area (Å²) >= 11 is 0. The molecule has 2 rings (SSSR count). The minimum atomic E-state index is -3.55. The third kappa shape index (κ3) is 3.20. The molecule has 1 aliphatic heterocycles. The van der Waals surface area contributed by atoms with Crippen molar-refractivity contribution < 1.29 is 18.6 Å². The van der Waals surface area contributed by atoms with Gasteiger partial charge in [-0.25, -0.2) is 8.42 Å². The van der Waals surface area contributed by atoms with E-state index >= 15 is 0 Å². The molecule has 1 heterocycles. The SMILES string of the molecule is CC(O)c1cccc(S(=O)(=O)N2CCCC(CO)C2)c1. The van der Waals surface area contributed by atoms with Crippen LogP contribution in [0.15, 0.2) is 29.2 Å². The quantitative estimate of drug-likeness (QED) is 0.874. The topological polar surface area (TPSA) is 77.8 Å². The van der Waals surface area contributed by atoms with Gasteiger partial charge in [0.05, 0.1) is 11.0 Å². The van der Waals surface area contributed by atoms with Crippen LogP contribution in [0.3, 0.4) is 0 Å². The summed E-state index contributed by atoms with van der Waals surface area (Å²) in [6, 6.07) is 6.41. The summed E-state index contributed by atoms with van der Waals surface area (Å²) in [5.41, 5.74) is 0.585. The van der Waals surface area contributed by atoms with Gasteiger partial charge in [0, 0.05) is 19.7 Å². The number of hydrogen-bond acceptors (Lipinski definition) is 4. The van der Waals surface area contributed by atoms with E-state index in [9.17, 15) is 18.6 Å². The summed E-state index contributed by atoms with van der Waals surface area (Å²) in [4.78, 5) is 0.203. The minimum Gasteiger partial charge on any atom is -0.396 e. The van der Waals surface area contributed by atoms with Gasteiger partial charge in [0.25, 0.3) is 0 Å².